The summed E-state index contributed by atoms with van der Waals surface area (Å²) < 4.78 is 27.3. The Morgan fingerprint density at radius 2 is 1.65 bits per heavy atom. The molecule has 2 aromatic carbocycles. The first kappa shape index (κ1) is 18.6. The fraction of sp³-hybridized carbons (Fsp3) is 0.222. The van der Waals surface area contributed by atoms with Gasteiger partial charge in [-0.15, -0.1) is 0 Å². The SMILES string of the molecule is O=C1NC(=O)[C@@H](Cc2ccc(S(=O)(=O)NCCc3ccccc3)cc2)S1. The maximum absolute atomic E-state index is 12.3. The molecular weight excluding hydrogens is 372 g/mol. The second-order valence-corrected chi connectivity index (χ2v) is 8.81. The zero-order valence-electron chi connectivity index (χ0n) is 13.8. The summed E-state index contributed by atoms with van der Waals surface area (Å²) in [6.45, 7) is 0.315. The Morgan fingerprint density at radius 3 is 2.27 bits per heavy atom. The number of hydrogen-bond acceptors (Lipinski definition) is 5. The number of thioether (sulfide) groups is 1. The highest BCUT2D eigenvalue weighted by Gasteiger charge is 2.31. The third-order valence-electron chi connectivity index (χ3n) is 3.97. The second-order valence-electron chi connectivity index (χ2n) is 5.86. The maximum Gasteiger partial charge on any atom is 0.286 e. The van der Waals surface area contributed by atoms with Gasteiger partial charge in [0.2, 0.25) is 15.9 Å². The highest BCUT2D eigenvalue weighted by atomic mass is 32.2. The summed E-state index contributed by atoms with van der Waals surface area (Å²) in [4.78, 5) is 23.0. The van der Waals surface area contributed by atoms with Crippen LogP contribution in [0.2, 0.25) is 0 Å². The highest BCUT2D eigenvalue weighted by molar-refractivity contribution is 8.15. The van der Waals surface area contributed by atoms with E-state index in [0.717, 1.165) is 22.9 Å². The lowest BCUT2D eigenvalue weighted by Gasteiger charge is -2.09. The highest BCUT2D eigenvalue weighted by Crippen LogP contribution is 2.23. The number of benzene rings is 2. The molecular formula is C18H18N2O4S2. The smallest absolute Gasteiger partial charge is 0.286 e. The lowest BCUT2D eigenvalue weighted by Crippen LogP contribution is -2.26. The number of hydrogen-bond donors (Lipinski definition) is 2. The quantitative estimate of drug-likeness (QED) is 0.755. The van der Waals surface area contributed by atoms with Crippen LogP contribution in [0.15, 0.2) is 59.5 Å². The molecule has 3 rings (SSSR count). The van der Waals surface area contributed by atoms with Gasteiger partial charge in [0.05, 0.1) is 10.1 Å². The minimum atomic E-state index is -3.58. The molecule has 6 nitrogen and oxygen atoms in total. The summed E-state index contributed by atoms with van der Waals surface area (Å²) in [5.41, 5.74) is 1.86. The van der Waals surface area contributed by atoms with Gasteiger partial charge in [0.1, 0.15) is 0 Å². The van der Waals surface area contributed by atoms with E-state index in [1.165, 1.54) is 12.1 Å². The third kappa shape index (κ3) is 4.72. The first-order valence-corrected chi connectivity index (χ1v) is 10.4. The van der Waals surface area contributed by atoms with Crippen molar-refractivity contribution >= 4 is 32.9 Å². The predicted octanol–water partition coefficient (Wildman–Crippen LogP) is 2.10. The van der Waals surface area contributed by atoms with E-state index in [4.69, 9.17) is 0 Å². The predicted molar refractivity (Wildman–Crippen MR) is 100 cm³/mol. The lowest BCUT2D eigenvalue weighted by atomic mass is 10.1. The van der Waals surface area contributed by atoms with E-state index < -0.39 is 15.3 Å². The molecule has 0 aromatic heterocycles. The summed E-state index contributed by atoms with van der Waals surface area (Å²) in [6, 6.07) is 16.0. The van der Waals surface area contributed by atoms with Crippen molar-refractivity contribution in [1.29, 1.82) is 0 Å². The molecule has 1 fully saturated rings. The molecule has 0 aliphatic carbocycles. The van der Waals surface area contributed by atoms with Gasteiger partial charge >= 0.3 is 0 Å². The summed E-state index contributed by atoms with van der Waals surface area (Å²) in [5, 5.41) is 1.43. The molecule has 136 valence electrons. The number of sulfonamides is 1. The zero-order valence-corrected chi connectivity index (χ0v) is 15.5. The minimum absolute atomic E-state index is 0.175. The van der Waals surface area contributed by atoms with Gasteiger partial charge in [-0.25, -0.2) is 13.1 Å². The largest absolute Gasteiger partial charge is 0.286 e. The summed E-state index contributed by atoms with van der Waals surface area (Å²) >= 11 is 0.957. The van der Waals surface area contributed by atoms with Crippen LogP contribution in [0.5, 0.6) is 0 Å². The average Bonchev–Trinajstić information content (AvgIpc) is 2.93. The first-order chi connectivity index (χ1) is 12.4. The van der Waals surface area contributed by atoms with Crippen molar-refractivity contribution in [2.24, 2.45) is 0 Å². The van der Waals surface area contributed by atoms with Gasteiger partial charge in [0.25, 0.3) is 5.24 Å². The lowest BCUT2D eigenvalue weighted by molar-refractivity contribution is -0.118. The molecule has 1 heterocycles. The second kappa shape index (κ2) is 8.03. The van der Waals surface area contributed by atoms with Crippen molar-refractivity contribution in [3.8, 4) is 0 Å². The molecule has 8 heteroatoms. The van der Waals surface area contributed by atoms with Gasteiger partial charge in [-0.05, 0) is 36.1 Å². The van der Waals surface area contributed by atoms with Crippen molar-refractivity contribution in [2.45, 2.75) is 23.0 Å². The Balaban J connectivity index is 1.58. The normalized spacial score (nSPS) is 17.3. The van der Waals surface area contributed by atoms with E-state index >= 15 is 0 Å². The zero-order chi connectivity index (χ0) is 18.6. The van der Waals surface area contributed by atoms with Crippen molar-refractivity contribution < 1.29 is 18.0 Å². The van der Waals surface area contributed by atoms with Gasteiger partial charge in [-0.3, -0.25) is 14.9 Å². The van der Waals surface area contributed by atoms with Crippen LogP contribution in [0.3, 0.4) is 0 Å². The molecule has 0 unspecified atom stereocenters. The maximum atomic E-state index is 12.3. The summed E-state index contributed by atoms with van der Waals surface area (Å²) in [5.74, 6) is -0.306. The van der Waals surface area contributed by atoms with E-state index in [2.05, 4.69) is 10.0 Å². The van der Waals surface area contributed by atoms with Crippen LogP contribution >= 0.6 is 11.8 Å². The number of carbonyl (C=O) groups excluding carboxylic acids is 2. The molecule has 1 atom stereocenters. The number of rotatable bonds is 7. The Hall–Kier alpha value is -2.16. The van der Waals surface area contributed by atoms with E-state index in [1.54, 1.807) is 12.1 Å². The Morgan fingerprint density at radius 1 is 0.962 bits per heavy atom. The van der Waals surface area contributed by atoms with Crippen LogP contribution in [0.25, 0.3) is 0 Å². The van der Waals surface area contributed by atoms with Crippen LogP contribution in [-0.4, -0.2) is 31.4 Å². The number of carbonyl (C=O) groups is 2. The fourth-order valence-corrected chi connectivity index (χ4v) is 4.50. The van der Waals surface area contributed by atoms with Gasteiger partial charge in [0.15, 0.2) is 0 Å². The number of imide groups is 1. The average molecular weight is 390 g/mol. The van der Waals surface area contributed by atoms with Gasteiger partial charge in [0, 0.05) is 6.54 Å². The fourth-order valence-electron chi connectivity index (χ4n) is 2.60. The Bertz CT molecular complexity index is 897. The standard InChI is InChI=1S/C18H18N2O4S2/c21-17-16(25-18(22)20-17)12-14-6-8-15(9-7-14)26(23,24)19-11-10-13-4-2-1-3-5-13/h1-9,16,19H,10-12H2,(H,20,21,22)/t16-/m1/s1. The topological polar surface area (TPSA) is 92.3 Å². The molecule has 0 bridgehead atoms. The van der Waals surface area contributed by atoms with E-state index in [9.17, 15) is 18.0 Å². The van der Waals surface area contributed by atoms with Crippen LogP contribution < -0.4 is 10.0 Å². The van der Waals surface area contributed by atoms with Crippen molar-refractivity contribution in [3.05, 3.63) is 65.7 Å². The summed E-state index contributed by atoms with van der Waals surface area (Å²) in [6.07, 6.45) is 0.990. The molecule has 2 N–H and O–H groups in total. The summed E-state index contributed by atoms with van der Waals surface area (Å²) in [7, 11) is -3.58. The minimum Gasteiger partial charge on any atom is -0.286 e. The molecule has 26 heavy (non-hydrogen) atoms. The van der Waals surface area contributed by atoms with E-state index in [0.29, 0.717) is 19.4 Å². The Kier molecular flexibility index (Phi) is 5.75. The van der Waals surface area contributed by atoms with Gasteiger partial charge < -0.3 is 0 Å². The van der Waals surface area contributed by atoms with Crippen LogP contribution in [0, 0.1) is 0 Å². The number of nitrogens with one attached hydrogen (secondary N) is 2. The van der Waals surface area contributed by atoms with Crippen molar-refractivity contribution in [2.75, 3.05) is 6.54 Å². The molecule has 0 radical (unpaired) electrons. The van der Waals surface area contributed by atoms with Gasteiger partial charge in [-0.2, -0.15) is 0 Å². The van der Waals surface area contributed by atoms with Crippen LogP contribution in [0.4, 0.5) is 4.79 Å². The molecule has 2 amide bonds. The van der Waals surface area contributed by atoms with Crippen LogP contribution in [-0.2, 0) is 27.7 Å². The molecule has 0 saturated carbocycles. The van der Waals surface area contributed by atoms with Gasteiger partial charge in [-0.1, -0.05) is 54.2 Å². The Labute approximate surface area is 156 Å². The van der Waals surface area contributed by atoms with Crippen molar-refractivity contribution in [3.63, 3.8) is 0 Å². The van der Waals surface area contributed by atoms with Crippen molar-refractivity contribution in [1.82, 2.24) is 10.0 Å². The van der Waals surface area contributed by atoms with Crippen LogP contribution in [0.1, 0.15) is 11.1 Å². The first-order valence-electron chi connectivity index (χ1n) is 8.08. The number of amides is 2. The molecule has 0 spiro atoms. The molecule has 1 aliphatic rings. The van der Waals surface area contributed by atoms with E-state index in [1.807, 2.05) is 30.3 Å². The molecule has 1 saturated heterocycles. The third-order valence-corrected chi connectivity index (χ3v) is 6.43. The monoisotopic (exact) mass is 390 g/mol. The van der Waals surface area contributed by atoms with E-state index in [-0.39, 0.29) is 16.0 Å². The molecule has 1 aliphatic heterocycles. The molecule has 2 aromatic rings.